The van der Waals surface area contributed by atoms with E-state index in [1.54, 1.807) is 6.07 Å². The van der Waals surface area contributed by atoms with Gasteiger partial charge in [-0.2, -0.15) is 4.31 Å². The van der Waals surface area contributed by atoms with Crippen LogP contribution in [-0.2, 0) is 16.4 Å². The third kappa shape index (κ3) is 4.82. The van der Waals surface area contributed by atoms with Crippen molar-refractivity contribution < 1.29 is 13.2 Å². The number of nitrogens with zero attached hydrogens (tertiary/aromatic N) is 1. The minimum Gasteiger partial charge on any atom is -0.322 e. The van der Waals surface area contributed by atoms with E-state index in [2.05, 4.69) is 5.32 Å². The lowest BCUT2D eigenvalue weighted by Crippen LogP contribution is -2.28. The van der Waals surface area contributed by atoms with Gasteiger partial charge >= 0.3 is 0 Å². The maximum Gasteiger partial charge on any atom is 0.255 e. The second-order valence-corrected chi connectivity index (χ2v) is 9.84. The lowest BCUT2D eigenvalue weighted by atomic mass is 10.0. The molecule has 3 aromatic carbocycles. The smallest absolute Gasteiger partial charge is 0.255 e. The SMILES string of the molecule is O=C(Nc1ccccc1Cc1ccccc1)c1ccc(Cl)c(S(=O)(=O)N2CCCC2)c1. The quantitative estimate of drug-likeness (QED) is 0.572. The van der Waals surface area contributed by atoms with Crippen LogP contribution in [0.25, 0.3) is 0 Å². The summed E-state index contributed by atoms with van der Waals surface area (Å²) < 4.78 is 27.3. The van der Waals surface area contributed by atoms with E-state index in [9.17, 15) is 13.2 Å². The summed E-state index contributed by atoms with van der Waals surface area (Å²) in [6, 6.07) is 22.0. The van der Waals surface area contributed by atoms with Crippen LogP contribution in [0.5, 0.6) is 0 Å². The molecule has 0 bridgehead atoms. The van der Waals surface area contributed by atoms with Crippen molar-refractivity contribution in [1.82, 2.24) is 4.31 Å². The number of halogens is 1. The number of rotatable bonds is 6. The summed E-state index contributed by atoms with van der Waals surface area (Å²) in [7, 11) is -3.73. The molecule has 1 saturated heterocycles. The van der Waals surface area contributed by atoms with E-state index in [0.717, 1.165) is 24.0 Å². The average Bonchev–Trinajstić information content (AvgIpc) is 3.32. The fourth-order valence-corrected chi connectivity index (χ4v) is 5.73. The molecule has 31 heavy (non-hydrogen) atoms. The van der Waals surface area contributed by atoms with Gasteiger partial charge in [0, 0.05) is 24.3 Å². The van der Waals surface area contributed by atoms with Gasteiger partial charge in [0.25, 0.3) is 5.91 Å². The second-order valence-electron chi connectivity index (χ2n) is 7.53. The Hall–Kier alpha value is -2.67. The molecule has 1 amide bonds. The number of hydrogen-bond acceptors (Lipinski definition) is 3. The van der Waals surface area contributed by atoms with E-state index < -0.39 is 10.0 Å². The maximum absolute atomic E-state index is 13.0. The van der Waals surface area contributed by atoms with Crippen LogP contribution in [0.3, 0.4) is 0 Å². The van der Waals surface area contributed by atoms with E-state index in [1.807, 2.05) is 54.6 Å². The molecular formula is C24H23ClN2O3S. The third-order valence-electron chi connectivity index (χ3n) is 5.38. The Labute approximate surface area is 187 Å². The van der Waals surface area contributed by atoms with Gasteiger partial charge in [-0.25, -0.2) is 8.42 Å². The predicted octanol–water partition coefficient (Wildman–Crippen LogP) is 4.97. The van der Waals surface area contributed by atoms with Gasteiger partial charge in [-0.05, 0) is 54.7 Å². The molecule has 0 aliphatic carbocycles. The Morgan fingerprint density at radius 3 is 2.35 bits per heavy atom. The van der Waals surface area contributed by atoms with Crippen molar-refractivity contribution in [2.45, 2.75) is 24.2 Å². The van der Waals surface area contributed by atoms with Crippen molar-refractivity contribution in [1.29, 1.82) is 0 Å². The van der Waals surface area contributed by atoms with E-state index in [-0.39, 0.29) is 21.4 Å². The van der Waals surface area contributed by atoms with Crippen LogP contribution in [0.2, 0.25) is 5.02 Å². The molecule has 0 radical (unpaired) electrons. The molecule has 0 unspecified atom stereocenters. The molecule has 3 aromatic rings. The zero-order valence-electron chi connectivity index (χ0n) is 16.9. The summed E-state index contributed by atoms with van der Waals surface area (Å²) in [4.78, 5) is 12.9. The van der Waals surface area contributed by atoms with Crippen molar-refractivity contribution >= 4 is 33.2 Å². The van der Waals surface area contributed by atoms with Crippen LogP contribution in [-0.4, -0.2) is 31.7 Å². The summed E-state index contributed by atoms with van der Waals surface area (Å²) in [5, 5.41) is 3.04. The monoisotopic (exact) mass is 454 g/mol. The lowest BCUT2D eigenvalue weighted by Gasteiger charge is -2.17. The van der Waals surface area contributed by atoms with Gasteiger partial charge in [0.2, 0.25) is 10.0 Å². The van der Waals surface area contributed by atoms with Gasteiger partial charge in [0.05, 0.1) is 5.02 Å². The number of carbonyl (C=O) groups is 1. The molecule has 1 N–H and O–H groups in total. The average molecular weight is 455 g/mol. The van der Waals surface area contributed by atoms with Crippen molar-refractivity contribution in [3.8, 4) is 0 Å². The normalized spacial score (nSPS) is 14.5. The number of amides is 1. The molecular weight excluding hydrogens is 432 g/mol. The van der Waals surface area contributed by atoms with Crippen molar-refractivity contribution in [2.75, 3.05) is 18.4 Å². The van der Waals surface area contributed by atoms with Crippen molar-refractivity contribution in [2.24, 2.45) is 0 Å². The van der Waals surface area contributed by atoms with E-state index in [4.69, 9.17) is 11.6 Å². The fraction of sp³-hybridized carbons (Fsp3) is 0.208. The largest absolute Gasteiger partial charge is 0.322 e. The number of sulfonamides is 1. The van der Waals surface area contributed by atoms with Crippen LogP contribution in [0.1, 0.15) is 34.3 Å². The van der Waals surface area contributed by atoms with Crippen LogP contribution in [0.15, 0.2) is 77.7 Å². The third-order valence-corrected chi connectivity index (χ3v) is 7.76. The number of carbonyl (C=O) groups excluding carboxylic acids is 1. The first-order valence-electron chi connectivity index (χ1n) is 10.2. The first kappa shape index (κ1) is 21.6. The summed E-state index contributed by atoms with van der Waals surface area (Å²) in [6.45, 7) is 0.948. The summed E-state index contributed by atoms with van der Waals surface area (Å²) in [6.07, 6.45) is 2.33. The molecule has 160 valence electrons. The lowest BCUT2D eigenvalue weighted by molar-refractivity contribution is 0.102. The van der Waals surface area contributed by atoms with Crippen LogP contribution < -0.4 is 5.32 Å². The molecule has 1 aliphatic heterocycles. The minimum atomic E-state index is -3.73. The number of benzene rings is 3. The summed E-state index contributed by atoms with van der Waals surface area (Å²) in [5.41, 5.74) is 3.04. The van der Waals surface area contributed by atoms with Crippen molar-refractivity contribution in [3.63, 3.8) is 0 Å². The number of para-hydroxylation sites is 1. The van der Waals surface area contributed by atoms with Crippen LogP contribution in [0, 0.1) is 0 Å². The zero-order chi connectivity index (χ0) is 21.8. The highest BCUT2D eigenvalue weighted by atomic mass is 35.5. The van der Waals surface area contributed by atoms with Crippen LogP contribution in [0.4, 0.5) is 5.69 Å². The molecule has 0 aromatic heterocycles. The summed E-state index contributed by atoms with van der Waals surface area (Å²) >= 11 is 6.20. The Bertz CT molecular complexity index is 1190. The number of anilines is 1. The molecule has 7 heteroatoms. The van der Waals surface area contributed by atoms with E-state index in [0.29, 0.717) is 25.2 Å². The zero-order valence-corrected chi connectivity index (χ0v) is 18.5. The van der Waals surface area contributed by atoms with Crippen LogP contribution >= 0.6 is 11.6 Å². The minimum absolute atomic E-state index is 0.0266. The Kier molecular flexibility index (Phi) is 6.41. The maximum atomic E-state index is 13.0. The van der Waals surface area contributed by atoms with Gasteiger partial charge in [0.15, 0.2) is 0 Å². The van der Waals surface area contributed by atoms with E-state index in [1.165, 1.54) is 16.4 Å². The molecule has 1 heterocycles. The standard InChI is InChI=1S/C24H23ClN2O3S/c25-21-13-12-20(17-23(21)31(29,30)27-14-6-7-15-27)24(28)26-22-11-5-4-10-19(22)16-18-8-2-1-3-9-18/h1-5,8-13,17H,6-7,14-16H2,(H,26,28). The molecule has 4 rings (SSSR count). The number of nitrogens with one attached hydrogen (secondary N) is 1. The molecule has 0 atom stereocenters. The Morgan fingerprint density at radius 1 is 0.935 bits per heavy atom. The number of hydrogen-bond donors (Lipinski definition) is 1. The first-order chi connectivity index (χ1) is 14.9. The van der Waals surface area contributed by atoms with Crippen molar-refractivity contribution in [3.05, 3.63) is 94.5 Å². The molecule has 1 aliphatic rings. The predicted molar refractivity (Wildman–Crippen MR) is 123 cm³/mol. The Balaban J connectivity index is 1.59. The van der Waals surface area contributed by atoms with Gasteiger partial charge in [-0.1, -0.05) is 60.1 Å². The second kappa shape index (κ2) is 9.22. The molecule has 1 fully saturated rings. The highest BCUT2D eigenvalue weighted by molar-refractivity contribution is 7.89. The first-order valence-corrected chi connectivity index (χ1v) is 12.0. The molecule has 0 saturated carbocycles. The summed E-state index contributed by atoms with van der Waals surface area (Å²) in [5.74, 6) is -0.380. The molecule has 0 spiro atoms. The van der Waals surface area contributed by atoms with Gasteiger partial charge in [-0.3, -0.25) is 4.79 Å². The van der Waals surface area contributed by atoms with E-state index >= 15 is 0 Å². The Morgan fingerprint density at radius 2 is 1.61 bits per heavy atom. The highest BCUT2D eigenvalue weighted by Gasteiger charge is 2.29. The highest BCUT2D eigenvalue weighted by Crippen LogP contribution is 2.29. The van der Waals surface area contributed by atoms with Gasteiger partial charge < -0.3 is 5.32 Å². The fourth-order valence-electron chi connectivity index (χ4n) is 3.72. The topological polar surface area (TPSA) is 66.5 Å². The van der Waals surface area contributed by atoms with Gasteiger partial charge in [0.1, 0.15) is 4.90 Å². The van der Waals surface area contributed by atoms with Gasteiger partial charge in [-0.15, -0.1) is 0 Å². The molecule has 5 nitrogen and oxygen atoms in total.